The number of nitrogens with zero attached hydrogens (tertiary/aromatic N) is 3. The highest BCUT2D eigenvalue weighted by Crippen LogP contribution is 2.17. The number of primary amides is 1. The van der Waals surface area contributed by atoms with E-state index in [0.717, 1.165) is 32.5 Å². The topological polar surface area (TPSA) is 99.0 Å². The van der Waals surface area contributed by atoms with Crippen LogP contribution in [0.5, 0.6) is 0 Å². The van der Waals surface area contributed by atoms with E-state index in [1.807, 2.05) is 9.80 Å². The number of imide groups is 1. The Morgan fingerprint density at radius 1 is 1.12 bits per heavy atom. The fourth-order valence-electron chi connectivity index (χ4n) is 3.45. The molecule has 0 aromatic rings. The van der Waals surface area contributed by atoms with Gasteiger partial charge >= 0.3 is 6.03 Å². The van der Waals surface area contributed by atoms with E-state index in [4.69, 9.17) is 5.73 Å². The Morgan fingerprint density at radius 2 is 1.79 bits per heavy atom. The summed E-state index contributed by atoms with van der Waals surface area (Å²) in [6, 6.07) is -0.894. The van der Waals surface area contributed by atoms with Gasteiger partial charge in [0.2, 0.25) is 11.8 Å². The van der Waals surface area contributed by atoms with Gasteiger partial charge in [-0.1, -0.05) is 0 Å². The van der Waals surface area contributed by atoms with Crippen LogP contribution in [-0.4, -0.2) is 83.9 Å². The summed E-state index contributed by atoms with van der Waals surface area (Å²) in [5.41, 5.74) is 4.98. The number of urea groups is 1. The Balaban J connectivity index is 1.77. The van der Waals surface area contributed by atoms with Crippen LogP contribution in [0.2, 0.25) is 0 Å². The standard InChI is InChI=1S/C16H29N5O3/c1-12-5-3-4-6-21(12)14(22)11-19-7-9-20(10-8-19)13(2)15(23)18-16(17)24/h12-13H,3-11H2,1-2H3,(H3,17,18,23,24)/t12-,13-/m0/s1. The molecule has 24 heavy (non-hydrogen) atoms. The first kappa shape index (κ1) is 18.7. The van der Waals surface area contributed by atoms with E-state index in [9.17, 15) is 14.4 Å². The molecule has 2 atom stereocenters. The van der Waals surface area contributed by atoms with E-state index >= 15 is 0 Å². The molecule has 0 radical (unpaired) electrons. The predicted molar refractivity (Wildman–Crippen MR) is 90.2 cm³/mol. The van der Waals surface area contributed by atoms with Crippen molar-refractivity contribution < 1.29 is 14.4 Å². The van der Waals surface area contributed by atoms with Crippen molar-refractivity contribution in [1.82, 2.24) is 20.0 Å². The van der Waals surface area contributed by atoms with Gasteiger partial charge in [0.05, 0.1) is 12.6 Å². The molecule has 0 aromatic carbocycles. The van der Waals surface area contributed by atoms with Crippen molar-refractivity contribution in [3.05, 3.63) is 0 Å². The molecular formula is C16H29N5O3. The number of hydrogen-bond donors (Lipinski definition) is 2. The molecule has 2 rings (SSSR count). The van der Waals surface area contributed by atoms with Gasteiger partial charge < -0.3 is 10.6 Å². The number of nitrogens with two attached hydrogens (primary N) is 1. The molecule has 2 fully saturated rings. The normalized spacial score (nSPS) is 24.4. The Labute approximate surface area is 143 Å². The summed E-state index contributed by atoms with van der Waals surface area (Å²) >= 11 is 0. The zero-order chi connectivity index (χ0) is 17.7. The fraction of sp³-hybridized carbons (Fsp3) is 0.812. The molecule has 0 aliphatic carbocycles. The lowest BCUT2D eigenvalue weighted by Crippen LogP contribution is -2.56. The minimum atomic E-state index is -0.827. The molecule has 0 unspecified atom stereocenters. The van der Waals surface area contributed by atoms with Gasteiger partial charge in [-0.05, 0) is 33.1 Å². The molecule has 2 heterocycles. The van der Waals surface area contributed by atoms with Crippen LogP contribution in [-0.2, 0) is 9.59 Å². The average molecular weight is 339 g/mol. The first-order valence-electron chi connectivity index (χ1n) is 8.74. The number of carbonyl (C=O) groups is 3. The van der Waals surface area contributed by atoms with Crippen molar-refractivity contribution in [2.45, 2.75) is 45.2 Å². The maximum atomic E-state index is 12.5. The quantitative estimate of drug-likeness (QED) is 0.725. The lowest BCUT2D eigenvalue weighted by molar-refractivity contribution is -0.136. The Kier molecular flexibility index (Phi) is 6.56. The van der Waals surface area contributed by atoms with Gasteiger partial charge in [-0.2, -0.15) is 0 Å². The smallest absolute Gasteiger partial charge is 0.318 e. The molecule has 2 aliphatic heterocycles. The Hall–Kier alpha value is -1.67. The maximum absolute atomic E-state index is 12.5. The number of piperazine rings is 1. The summed E-state index contributed by atoms with van der Waals surface area (Å²) in [5, 5.41) is 2.11. The van der Waals surface area contributed by atoms with Crippen molar-refractivity contribution in [2.75, 3.05) is 39.3 Å². The highest BCUT2D eigenvalue weighted by Gasteiger charge is 2.29. The van der Waals surface area contributed by atoms with Gasteiger partial charge in [-0.3, -0.25) is 24.7 Å². The molecule has 2 saturated heterocycles. The third kappa shape index (κ3) is 4.91. The van der Waals surface area contributed by atoms with E-state index in [2.05, 4.69) is 17.1 Å². The molecule has 0 spiro atoms. The van der Waals surface area contributed by atoms with E-state index in [1.165, 1.54) is 6.42 Å². The van der Waals surface area contributed by atoms with Gasteiger partial charge in [0.25, 0.3) is 0 Å². The van der Waals surface area contributed by atoms with Crippen LogP contribution in [0.3, 0.4) is 0 Å². The van der Waals surface area contributed by atoms with Crippen molar-refractivity contribution in [2.24, 2.45) is 5.73 Å². The van der Waals surface area contributed by atoms with Gasteiger partial charge in [0.1, 0.15) is 0 Å². The van der Waals surface area contributed by atoms with Crippen molar-refractivity contribution in [3.8, 4) is 0 Å². The third-order valence-electron chi connectivity index (χ3n) is 5.06. The van der Waals surface area contributed by atoms with E-state index < -0.39 is 12.1 Å². The summed E-state index contributed by atoms with van der Waals surface area (Å²) in [6.07, 6.45) is 3.39. The van der Waals surface area contributed by atoms with Crippen LogP contribution in [0, 0.1) is 0 Å². The van der Waals surface area contributed by atoms with Crippen molar-refractivity contribution >= 4 is 17.8 Å². The van der Waals surface area contributed by atoms with E-state index in [-0.39, 0.29) is 11.8 Å². The molecule has 4 amide bonds. The van der Waals surface area contributed by atoms with Gasteiger partial charge in [0, 0.05) is 38.8 Å². The largest absolute Gasteiger partial charge is 0.351 e. The number of likely N-dealkylation sites (tertiary alicyclic amines) is 1. The van der Waals surface area contributed by atoms with Crippen LogP contribution in [0.1, 0.15) is 33.1 Å². The lowest BCUT2D eigenvalue weighted by Gasteiger charge is -2.39. The van der Waals surface area contributed by atoms with E-state index in [1.54, 1.807) is 6.92 Å². The average Bonchev–Trinajstić information content (AvgIpc) is 2.54. The minimum Gasteiger partial charge on any atom is -0.351 e. The molecule has 0 aromatic heterocycles. The molecule has 0 saturated carbocycles. The van der Waals surface area contributed by atoms with Crippen molar-refractivity contribution in [3.63, 3.8) is 0 Å². The zero-order valence-electron chi connectivity index (χ0n) is 14.7. The second-order valence-electron chi connectivity index (χ2n) is 6.77. The third-order valence-corrected chi connectivity index (χ3v) is 5.06. The Morgan fingerprint density at radius 3 is 2.38 bits per heavy atom. The Bertz CT molecular complexity index is 476. The number of amides is 4. The second kappa shape index (κ2) is 8.43. The first-order chi connectivity index (χ1) is 11.4. The van der Waals surface area contributed by atoms with Crippen LogP contribution in [0.4, 0.5) is 4.79 Å². The summed E-state index contributed by atoms with van der Waals surface area (Å²) in [7, 11) is 0. The fourth-order valence-corrected chi connectivity index (χ4v) is 3.45. The molecule has 136 valence electrons. The van der Waals surface area contributed by atoms with Gasteiger partial charge in [-0.15, -0.1) is 0 Å². The molecular weight excluding hydrogens is 310 g/mol. The van der Waals surface area contributed by atoms with Gasteiger partial charge in [0.15, 0.2) is 0 Å². The van der Waals surface area contributed by atoms with E-state index in [0.29, 0.717) is 25.7 Å². The molecule has 8 nitrogen and oxygen atoms in total. The summed E-state index contributed by atoms with van der Waals surface area (Å²) in [5.74, 6) is -0.177. The summed E-state index contributed by atoms with van der Waals surface area (Å²) in [6.45, 7) is 8.05. The monoisotopic (exact) mass is 339 g/mol. The van der Waals surface area contributed by atoms with Crippen molar-refractivity contribution in [1.29, 1.82) is 0 Å². The first-order valence-corrected chi connectivity index (χ1v) is 8.74. The highest BCUT2D eigenvalue weighted by molar-refractivity contribution is 5.96. The highest BCUT2D eigenvalue weighted by atomic mass is 16.2. The molecule has 0 bridgehead atoms. The number of hydrogen-bond acceptors (Lipinski definition) is 5. The molecule has 3 N–H and O–H groups in total. The maximum Gasteiger partial charge on any atom is 0.318 e. The second-order valence-corrected chi connectivity index (χ2v) is 6.77. The van der Waals surface area contributed by atoms with Crippen LogP contribution < -0.4 is 11.1 Å². The lowest BCUT2D eigenvalue weighted by atomic mass is 10.0. The number of nitrogens with one attached hydrogen (secondary N) is 1. The SMILES string of the molecule is C[C@@H](C(=O)NC(N)=O)N1CCN(CC(=O)N2CCCC[C@@H]2C)CC1. The summed E-state index contributed by atoms with van der Waals surface area (Å²) < 4.78 is 0. The zero-order valence-corrected chi connectivity index (χ0v) is 14.7. The molecule has 8 heteroatoms. The number of rotatable bonds is 4. The van der Waals surface area contributed by atoms with Gasteiger partial charge in [-0.25, -0.2) is 4.79 Å². The predicted octanol–water partition coefficient (Wildman–Crippen LogP) is -0.412. The number of carbonyl (C=O) groups excluding carboxylic acids is 3. The van der Waals surface area contributed by atoms with Crippen LogP contribution in [0.15, 0.2) is 0 Å². The van der Waals surface area contributed by atoms with Crippen LogP contribution in [0.25, 0.3) is 0 Å². The van der Waals surface area contributed by atoms with Crippen LogP contribution >= 0.6 is 0 Å². The number of piperidine rings is 1. The summed E-state index contributed by atoms with van der Waals surface area (Å²) in [4.78, 5) is 41.2. The minimum absolute atomic E-state index is 0.204. The molecule has 2 aliphatic rings.